The molecule has 0 atom stereocenters. The topological polar surface area (TPSA) is 119 Å². The molecule has 0 unspecified atom stereocenters. The lowest BCUT2D eigenvalue weighted by Gasteiger charge is -2.18. The molecule has 4 rings (SSSR count). The van der Waals surface area contributed by atoms with Crippen molar-refractivity contribution in [2.45, 2.75) is 26.0 Å². The molecule has 0 aliphatic carbocycles. The van der Waals surface area contributed by atoms with Gasteiger partial charge in [-0.1, -0.05) is 6.07 Å². The van der Waals surface area contributed by atoms with Gasteiger partial charge in [-0.15, -0.1) is 11.3 Å². The number of aliphatic hydroxyl groups is 1. The Morgan fingerprint density at radius 3 is 2.45 bits per heavy atom. The Kier molecular flexibility index (Phi) is 5.91. The number of carbonyl (C=O) groups is 1. The molecule has 1 amide bonds. The van der Waals surface area contributed by atoms with E-state index >= 15 is 0 Å². The third kappa shape index (κ3) is 4.89. The molecular formula is C22H20F2N6O2S. The van der Waals surface area contributed by atoms with E-state index in [4.69, 9.17) is 5.73 Å². The average Bonchev–Trinajstić information content (AvgIpc) is 3.37. The van der Waals surface area contributed by atoms with Crippen LogP contribution >= 0.6 is 11.3 Å². The quantitative estimate of drug-likeness (QED) is 0.378. The molecule has 170 valence electrons. The standard InChI is InChI=1S/C22H20F2N6O2S/c1-22(2,32)12-8-15(23)19(16(24)9-12)17-10-14(20(25)31)21(33-17)29-18-5-3-4-13(28-18)11-30-26-6-7-27-30/h3-10,32H,11H2,1-2H3,(H2,25,31)(H,28,29). The molecule has 1 aromatic carbocycles. The maximum Gasteiger partial charge on any atom is 0.251 e. The van der Waals surface area contributed by atoms with Crippen molar-refractivity contribution in [3.8, 4) is 10.4 Å². The van der Waals surface area contributed by atoms with Gasteiger partial charge in [0.25, 0.3) is 5.91 Å². The van der Waals surface area contributed by atoms with Gasteiger partial charge in [-0.05, 0) is 49.7 Å². The summed E-state index contributed by atoms with van der Waals surface area (Å²) in [7, 11) is 0. The molecule has 33 heavy (non-hydrogen) atoms. The van der Waals surface area contributed by atoms with E-state index in [-0.39, 0.29) is 21.6 Å². The van der Waals surface area contributed by atoms with Crippen LogP contribution in [0.1, 0.15) is 35.5 Å². The number of nitrogens with zero attached hydrogens (tertiary/aromatic N) is 4. The van der Waals surface area contributed by atoms with Crippen LogP contribution in [0.4, 0.5) is 19.6 Å². The normalized spacial score (nSPS) is 11.5. The minimum atomic E-state index is -1.41. The zero-order valence-electron chi connectivity index (χ0n) is 17.7. The van der Waals surface area contributed by atoms with Crippen molar-refractivity contribution in [2.75, 3.05) is 5.32 Å². The minimum Gasteiger partial charge on any atom is -0.386 e. The zero-order chi connectivity index (χ0) is 23.8. The van der Waals surface area contributed by atoms with Gasteiger partial charge in [0.05, 0.1) is 34.8 Å². The minimum absolute atomic E-state index is 0.0707. The van der Waals surface area contributed by atoms with Crippen LogP contribution in [-0.4, -0.2) is 31.0 Å². The number of amides is 1. The van der Waals surface area contributed by atoms with E-state index in [0.717, 1.165) is 23.5 Å². The first-order chi connectivity index (χ1) is 15.6. The molecule has 0 bridgehead atoms. The molecule has 0 aliphatic rings. The Balaban J connectivity index is 1.68. The van der Waals surface area contributed by atoms with E-state index in [1.54, 1.807) is 30.6 Å². The van der Waals surface area contributed by atoms with E-state index in [9.17, 15) is 18.7 Å². The van der Waals surface area contributed by atoms with Crippen molar-refractivity contribution in [1.82, 2.24) is 20.0 Å². The number of primary amides is 1. The Hall–Kier alpha value is -3.70. The molecule has 0 saturated heterocycles. The lowest BCUT2D eigenvalue weighted by Crippen LogP contribution is -2.16. The highest BCUT2D eigenvalue weighted by Gasteiger charge is 2.24. The number of rotatable bonds is 7. The number of benzene rings is 1. The van der Waals surface area contributed by atoms with Crippen LogP contribution in [0.15, 0.2) is 48.8 Å². The highest BCUT2D eigenvalue weighted by Crippen LogP contribution is 2.40. The van der Waals surface area contributed by atoms with Crippen molar-refractivity contribution < 1.29 is 18.7 Å². The molecule has 4 N–H and O–H groups in total. The number of nitrogens with two attached hydrogens (primary N) is 1. The third-order valence-corrected chi connectivity index (χ3v) is 5.88. The number of aromatic nitrogens is 4. The molecule has 0 radical (unpaired) electrons. The molecule has 0 spiro atoms. The second-order valence-corrected chi connectivity index (χ2v) is 8.84. The zero-order valence-corrected chi connectivity index (χ0v) is 18.5. The number of pyridine rings is 1. The summed E-state index contributed by atoms with van der Waals surface area (Å²) in [5.41, 5.74) is 4.61. The summed E-state index contributed by atoms with van der Waals surface area (Å²) in [5, 5.41) is 21.4. The van der Waals surface area contributed by atoms with Gasteiger partial charge in [-0.3, -0.25) is 4.79 Å². The number of nitrogens with one attached hydrogen (secondary N) is 1. The van der Waals surface area contributed by atoms with E-state index in [1.807, 2.05) is 0 Å². The van der Waals surface area contributed by atoms with Crippen LogP contribution in [0.2, 0.25) is 0 Å². The SMILES string of the molecule is CC(C)(O)c1cc(F)c(-c2cc(C(N)=O)c(Nc3cccc(Cn4nccn4)n3)s2)c(F)c1. The molecule has 4 aromatic rings. The summed E-state index contributed by atoms with van der Waals surface area (Å²) in [6, 6.07) is 8.72. The van der Waals surface area contributed by atoms with E-state index < -0.39 is 23.1 Å². The predicted octanol–water partition coefficient (Wildman–Crippen LogP) is 3.80. The first-order valence-electron chi connectivity index (χ1n) is 9.85. The Labute approximate surface area is 191 Å². The average molecular weight is 471 g/mol. The molecule has 3 heterocycles. The fourth-order valence-electron chi connectivity index (χ4n) is 3.18. The summed E-state index contributed by atoms with van der Waals surface area (Å²) in [6.45, 7) is 3.20. The van der Waals surface area contributed by atoms with Crippen LogP contribution in [0.3, 0.4) is 0 Å². The van der Waals surface area contributed by atoms with E-state index in [2.05, 4.69) is 20.5 Å². The van der Waals surface area contributed by atoms with Crippen LogP contribution < -0.4 is 11.1 Å². The molecular weight excluding hydrogens is 450 g/mol. The van der Waals surface area contributed by atoms with Crippen molar-refractivity contribution in [3.05, 3.63) is 77.2 Å². The smallest absolute Gasteiger partial charge is 0.251 e. The predicted molar refractivity (Wildman–Crippen MR) is 120 cm³/mol. The van der Waals surface area contributed by atoms with E-state index in [1.165, 1.54) is 24.7 Å². The van der Waals surface area contributed by atoms with Crippen molar-refractivity contribution in [1.29, 1.82) is 0 Å². The first-order valence-corrected chi connectivity index (χ1v) is 10.7. The van der Waals surface area contributed by atoms with Crippen LogP contribution in [-0.2, 0) is 12.1 Å². The summed E-state index contributed by atoms with van der Waals surface area (Å²) in [4.78, 5) is 18.1. The number of anilines is 2. The van der Waals surface area contributed by atoms with Crippen molar-refractivity contribution >= 4 is 28.1 Å². The highest BCUT2D eigenvalue weighted by molar-refractivity contribution is 7.20. The molecule has 8 nitrogen and oxygen atoms in total. The van der Waals surface area contributed by atoms with Gasteiger partial charge in [0.15, 0.2) is 0 Å². The molecule has 0 saturated carbocycles. The Morgan fingerprint density at radius 2 is 1.85 bits per heavy atom. The van der Waals surface area contributed by atoms with Gasteiger partial charge in [0, 0.05) is 4.88 Å². The molecule has 3 aromatic heterocycles. The third-order valence-electron chi connectivity index (χ3n) is 4.81. The fourth-order valence-corrected chi connectivity index (χ4v) is 4.29. The Morgan fingerprint density at radius 1 is 1.18 bits per heavy atom. The molecule has 0 fully saturated rings. The largest absolute Gasteiger partial charge is 0.386 e. The lowest BCUT2D eigenvalue weighted by molar-refractivity contribution is 0.0778. The lowest BCUT2D eigenvalue weighted by atomic mass is 9.96. The first kappa shape index (κ1) is 22.5. The van der Waals surface area contributed by atoms with Crippen LogP contribution in [0.25, 0.3) is 10.4 Å². The van der Waals surface area contributed by atoms with Gasteiger partial charge in [-0.2, -0.15) is 15.0 Å². The molecule has 0 aliphatic heterocycles. The number of hydrogen-bond acceptors (Lipinski definition) is 7. The number of halogens is 2. The van der Waals surface area contributed by atoms with Crippen LogP contribution in [0.5, 0.6) is 0 Å². The number of thiophene rings is 1. The highest BCUT2D eigenvalue weighted by atomic mass is 32.1. The second-order valence-electron chi connectivity index (χ2n) is 7.79. The van der Waals surface area contributed by atoms with Gasteiger partial charge >= 0.3 is 0 Å². The van der Waals surface area contributed by atoms with E-state index in [0.29, 0.717) is 23.1 Å². The summed E-state index contributed by atoms with van der Waals surface area (Å²) < 4.78 is 29.6. The summed E-state index contributed by atoms with van der Waals surface area (Å²) >= 11 is 0.964. The number of hydrogen-bond donors (Lipinski definition) is 3. The summed E-state index contributed by atoms with van der Waals surface area (Å²) in [6.07, 6.45) is 3.11. The van der Waals surface area contributed by atoms with Crippen LogP contribution in [0, 0.1) is 11.6 Å². The van der Waals surface area contributed by atoms with Gasteiger partial charge < -0.3 is 16.2 Å². The van der Waals surface area contributed by atoms with Gasteiger partial charge in [-0.25, -0.2) is 13.8 Å². The second kappa shape index (κ2) is 8.68. The number of carbonyl (C=O) groups excluding carboxylic acids is 1. The van der Waals surface area contributed by atoms with Crippen molar-refractivity contribution in [3.63, 3.8) is 0 Å². The Bertz CT molecular complexity index is 1290. The maximum absolute atomic E-state index is 14.8. The van der Waals surface area contributed by atoms with Crippen molar-refractivity contribution in [2.24, 2.45) is 5.73 Å². The maximum atomic E-state index is 14.8. The molecule has 11 heteroatoms. The summed E-state index contributed by atoms with van der Waals surface area (Å²) in [5.74, 6) is -2.06. The fraction of sp³-hybridized carbons (Fsp3) is 0.182. The monoisotopic (exact) mass is 470 g/mol. The van der Waals surface area contributed by atoms with Gasteiger partial charge in [0.2, 0.25) is 0 Å². The van der Waals surface area contributed by atoms with Gasteiger partial charge in [0.1, 0.15) is 29.0 Å².